The molecule has 130 valence electrons. The van der Waals surface area contributed by atoms with E-state index in [1.54, 1.807) is 54.7 Å². The number of nitrogens with zero attached hydrogens (tertiary/aromatic N) is 1. The molecule has 0 saturated heterocycles. The Bertz CT molecular complexity index is 809. The lowest BCUT2D eigenvalue weighted by Gasteiger charge is -2.17. The lowest BCUT2D eigenvalue weighted by Crippen LogP contribution is -2.33. The Morgan fingerprint density at radius 3 is 2.15 bits per heavy atom. The van der Waals surface area contributed by atoms with Crippen LogP contribution < -0.4 is 4.74 Å². The van der Waals surface area contributed by atoms with Crippen molar-refractivity contribution in [1.29, 1.82) is 0 Å². The van der Waals surface area contributed by atoms with Gasteiger partial charge < -0.3 is 9.47 Å². The number of hydrogen-bond acceptors (Lipinski definition) is 5. The van der Waals surface area contributed by atoms with E-state index in [4.69, 9.17) is 9.47 Å². The molecule has 0 N–H and O–H groups in total. The summed E-state index contributed by atoms with van der Waals surface area (Å²) in [4.78, 5) is 28.8. The SMILES string of the molecule is O=C(OC(=O)C(Cc1ccccc1)Oc1ccccn1)c1ccccc1. The van der Waals surface area contributed by atoms with Gasteiger partial charge in [0.1, 0.15) is 0 Å². The zero-order chi connectivity index (χ0) is 18.2. The predicted molar refractivity (Wildman–Crippen MR) is 95.7 cm³/mol. The molecule has 3 rings (SSSR count). The molecule has 26 heavy (non-hydrogen) atoms. The topological polar surface area (TPSA) is 65.5 Å². The fourth-order valence-corrected chi connectivity index (χ4v) is 2.35. The third kappa shape index (κ3) is 4.77. The second-order valence-corrected chi connectivity index (χ2v) is 5.54. The summed E-state index contributed by atoms with van der Waals surface area (Å²) < 4.78 is 10.7. The minimum Gasteiger partial charge on any atom is -0.462 e. The Morgan fingerprint density at radius 2 is 1.50 bits per heavy atom. The van der Waals surface area contributed by atoms with E-state index >= 15 is 0 Å². The van der Waals surface area contributed by atoms with Crippen molar-refractivity contribution in [2.75, 3.05) is 0 Å². The number of carbonyl (C=O) groups is 2. The molecule has 1 unspecified atom stereocenters. The van der Waals surface area contributed by atoms with E-state index in [-0.39, 0.29) is 12.3 Å². The molecule has 0 radical (unpaired) electrons. The Balaban J connectivity index is 1.75. The van der Waals surface area contributed by atoms with Gasteiger partial charge >= 0.3 is 11.9 Å². The molecule has 0 fully saturated rings. The maximum Gasteiger partial charge on any atom is 0.355 e. The van der Waals surface area contributed by atoms with E-state index < -0.39 is 18.0 Å². The van der Waals surface area contributed by atoms with E-state index in [2.05, 4.69) is 4.98 Å². The maximum absolute atomic E-state index is 12.5. The Kier molecular flexibility index (Phi) is 5.72. The molecule has 1 aromatic heterocycles. The first-order valence-corrected chi connectivity index (χ1v) is 8.15. The van der Waals surface area contributed by atoms with Gasteiger partial charge in [-0.3, -0.25) is 0 Å². The van der Waals surface area contributed by atoms with Crippen LogP contribution in [0.1, 0.15) is 15.9 Å². The highest BCUT2D eigenvalue weighted by molar-refractivity contribution is 5.97. The van der Waals surface area contributed by atoms with Crippen molar-refractivity contribution in [1.82, 2.24) is 4.98 Å². The molecule has 1 atom stereocenters. The molecule has 3 aromatic rings. The number of rotatable bonds is 6. The van der Waals surface area contributed by atoms with Crippen molar-refractivity contribution in [3.8, 4) is 5.88 Å². The van der Waals surface area contributed by atoms with Crippen molar-refractivity contribution in [2.24, 2.45) is 0 Å². The highest BCUT2D eigenvalue weighted by atomic mass is 16.6. The summed E-state index contributed by atoms with van der Waals surface area (Å²) in [6.07, 6.45) is 0.841. The standard InChI is InChI=1S/C21H17NO4/c23-20(17-11-5-2-6-12-17)26-21(24)18(15-16-9-3-1-4-10-16)25-19-13-7-8-14-22-19/h1-14,18H,15H2. The van der Waals surface area contributed by atoms with Crippen LogP contribution in [0.4, 0.5) is 0 Å². The van der Waals surface area contributed by atoms with Crippen molar-refractivity contribution in [3.05, 3.63) is 96.2 Å². The highest BCUT2D eigenvalue weighted by Gasteiger charge is 2.26. The summed E-state index contributed by atoms with van der Waals surface area (Å²) in [7, 11) is 0. The fraction of sp³-hybridized carbons (Fsp3) is 0.0952. The summed E-state index contributed by atoms with van der Waals surface area (Å²) in [6.45, 7) is 0. The Hall–Kier alpha value is -3.47. The fourth-order valence-electron chi connectivity index (χ4n) is 2.35. The number of benzene rings is 2. The summed E-state index contributed by atoms with van der Waals surface area (Å²) in [5.74, 6) is -1.18. The molecule has 0 spiro atoms. The van der Waals surface area contributed by atoms with Crippen molar-refractivity contribution >= 4 is 11.9 Å². The average Bonchev–Trinajstić information content (AvgIpc) is 2.69. The normalized spacial score (nSPS) is 11.4. The molecule has 0 aliphatic heterocycles. The van der Waals surface area contributed by atoms with Crippen LogP contribution in [0.2, 0.25) is 0 Å². The molecule has 0 saturated carbocycles. The largest absolute Gasteiger partial charge is 0.462 e. The number of pyridine rings is 1. The number of hydrogen-bond donors (Lipinski definition) is 0. The van der Waals surface area contributed by atoms with Gasteiger partial charge in [0, 0.05) is 18.7 Å². The average molecular weight is 347 g/mol. The van der Waals surface area contributed by atoms with Crippen LogP contribution in [0.5, 0.6) is 5.88 Å². The first-order valence-electron chi connectivity index (χ1n) is 8.15. The lowest BCUT2D eigenvalue weighted by molar-refractivity contribution is -0.146. The van der Waals surface area contributed by atoms with Gasteiger partial charge in [-0.05, 0) is 23.8 Å². The predicted octanol–water partition coefficient (Wildman–Crippen LogP) is 3.46. The molecule has 5 heteroatoms. The van der Waals surface area contributed by atoms with Crippen molar-refractivity contribution < 1.29 is 19.1 Å². The second-order valence-electron chi connectivity index (χ2n) is 5.54. The minimum absolute atomic E-state index is 0.262. The molecule has 2 aromatic carbocycles. The minimum atomic E-state index is -0.986. The van der Waals surface area contributed by atoms with Gasteiger partial charge in [-0.15, -0.1) is 0 Å². The molecule has 5 nitrogen and oxygen atoms in total. The van der Waals surface area contributed by atoms with Gasteiger partial charge in [0.05, 0.1) is 5.56 Å². The number of carbonyl (C=O) groups excluding carboxylic acids is 2. The van der Waals surface area contributed by atoms with Crippen LogP contribution in [0.3, 0.4) is 0 Å². The number of aromatic nitrogens is 1. The zero-order valence-electron chi connectivity index (χ0n) is 13.9. The van der Waals surface area contributed by atoms with Gasteiger partial charge in [0.15, 0.2) is 0 Å². The second kappa shape index (κ2) is 8.58. The third-order valence-electron chi connectivity index (χ3n) is 3.63. The summed E-state index contributed by atoms with van der Waals surface area (Å²) in [5, 5.41) is 0. The van der Waals surface area contributed by atoms with Crippen molar-refractivity contribution in [3.63, 3.8) is 0 Å². The smallest absolute Gasteiger partial charge is 0.355 e. The monoisotopic (exact) mass is 347 g/mol. The highest BCUT2D eigenvalue weighted by Crippen LogP contribution is 2.13. The summed E-state index contributed by atoms with van der Waals surface area (Å²) in [5.41, 5.74) is 1.19. The van der Waals surface area contributed by atoms with Gasteiger partial charge in [-0.1, -0.05) is 54.6 Å². The van der Waals surface area contributed by atoms with E-state index in [9.17, 15) is 9.59 Å². The van der Waals surface area contributed by atoms with Crippen LogP contribution in [-0.4, -0.2) is 23.0 Å². The van der Waals surface area contributed by atoms with Crippen LogP contribution in [0, 0.1) is 0 Å². The quantitative estimate of drug-likeness (QED) is 0.505. The number of ether oxygens (including phenoxy) is 2. The lowest BCUT2D eigenvalue weighted by atomic mass is 10.1. The van der Waals surface area contributed by atoms with E-state index in [0.29, 0.717) is 5.56 Å². The van der Waals surface area contributed by atoms with E-state index in [0.717, 1.165) is 5.56 Å². The van der Waals surface area contributed by atoms with Crippen LogP contribution in [0.25, 0.3) is 0 Å². The van der Waals surface area contributed by atoms with Crippen LogP contribution in [-0.2, 0) is 16.0 Å². The Labute approximate surface area is 151 Å². The molecule has 1 heterocycles. The molecular formula is C21H17NO4. The molecular weight excluding hydrogens is 330 g/mol. The number of esters is 2. The first kappa shape index (κ1) is 17.4. The van der Waals surface area contributed by atoms with E-state index in [1.807, 2.05) is 30.3 Å². The summed E-state index contributed by atoms with van der Waals surface area (Å²) >= 11 is 0. The van der Waals surface area contributed by atoms with Crippen LogP contribution >= 0.6 is 0 Å². The van der Waals surface area contributed by atoms with Gasteiger partial charge in [0.25, 0.3) is 0 Å². The van der Waals surface area contributed by atoms with Crippen LogP contribution in [0.15, 0.2) is 85.1 Å². The van der Waals surface area contributed by atoms with Gasteiger partial charge in [-0.25, -0.2) is 14.6 Å². The zero-order valence-corrected chi connectivity index (χ0v) is 13.9. The molecule has 0 aliphatic carbocycles. The molecule has 0 amide bonds. The van der Waals surface area contributed by atoms with E-state index in [1.165, 1.54) is 0 Å². The van der Waals surface area contributed by atoms with Gasteiger partial charge in [0.2, 0.25) is 12.0 Å². The summed E-state index contributed by atoms with van der Waals surface area (Å²) in [6, 6.07) is 22.9. The molecule has 0 aliphatic rings. The van der Waals surface area contributed by atoms with Gasteiger partial charge in [-0.2, -0.15) is 0 Å². The van der Waals surface area contributed by atoms with Crippen molar-refractivity contribution in [2.45, 2.75) is 12.5 Å². The maximum atomic E-state index is 12.5. The Morgan fingerprint density at radius 1 is 0.846 bits per heavy atom. The third-order valence-corrected chi connectivity index (χ3v) is 3.63. The first-order chi connectivity index (χ1) is 12.7. The molecule has 0 bridgehead atoms.